The molecule has 1 N–H and O–H groups in total. The van der Waals surface area contributed by atoms with Crippen LogP contribution >= 0.6 is 0 Å². The van der Waals surface area contributed by atoms with E-state index in [9.17, 15) is 4.79 Å². The van der Waals surface area contributed by atoms with Gasteiger partial charge in [0.15, 0.2) is 0 Å². The second kappa shape index (κ2) is 8.14. The summed E-state index contributed by atoms with van der Waals surface area (Å²) in [7, 11) is 0. The highest BCUT2D eigenvalue weighted by Crippen LogP contribution is 2.29. The molecule has 1 aliphatic carbocycles. The third-order valence-corrected chi connectivity index (χ3v) is 5.47. The first-order valence-electron chi connectivity index (χ1n) is 8.76. The molecule has 1 saturated carbocycles. The molecule has 1 saturated heterocycles. The van der Waals surface area contributed by atoms with Gasteiger partial charge in [-0.2, -0.15) is 0 Å². The van der Waals surface area contributed by atoms with Crippen molar-refractivity contribution in [2.45, 2.75) is 58.4 Å². The van der Waals surface area contributed by atoms with Crippen LogP contribution in [0, 0.1) is 11.8 Å². The highest BCUT2D eigenvalue weighted by Gasteiger charge is 2.27. The summed E-state index contributed by atoms with van der Waals surface area (Å²) in [5.41, 5.74) is 0. The predicted octanol–water partition coefficient (Wildman–Crippen LogP) is 2.68. The van der Waals surface area contributed by atoms with Gasteiger partial charge in [0.05, 0.1) is 6.54 Å². The first kappa shape index (κ1) is 16.8. The zero-order valence-corrected chi connectivity index (χ0v) is 13.8. The van der Waals surface area contributed by atoms with Crippen molar-refractivity contribution < 1.29 is 9.90 Å². The molecule has 4 heteroatoms. The normalized spacial score (nSPS) is 28.9. The lowest BCUT2D eigenvalue weighted by Crippen LogP contribution is -2.47. The van der Waals surface area contributed by atoms with E-state index in [0.29, 0.717) is 6.04 Å². The van der Waals surface area contributed by atoms with Gasteiger partial charge in [0.2, 0.25) is 0 Å². The number of nitrogens with zero attached hydrogens (tertiary/aromatic N) is 2. The maximum absolute atomic E-state index is 10.9. The summed E-state index contributed by atoms with van der Waals surface area (Å²) in [4.78, 5) is 15.7. The standard InChI is InChI=1S/C17H32N2O2/c1-3-19(13-17(20)21)16-8-10-18(11-9-16)12-15-6-4-14(2)5-7-15/h14-16H,3-13H2,1-2H3,(H,20,21). The molecule has 2 aliphatic rings. The fourth-order valence-corrected chi connectivity index (χ4v) is 4.02. The van der Waals surface area contributed by atoms with Crippen molar-refractivity contribution >= 4 is 5.97 Å². The van der Waals surface area contributed by atoms with Gasteiger partial charge in [-0.05, 0) is 57.2 Å². The van der Waals surface area contributed by atoms with Crippen molar-refractivity contribution in [3.05, 3.63) is 0 Å². The van der Waals surface area contributed by atoms with E-state index >= 15 is 0 Å². The molecular weight excluding hydrogens is 264 g/mol. The number of aliphatic carboxylic acids is 1. The SMILES string of the molecule is CCN(CC(=O)O)C1CCN(CC2CCC(C)CC2)CC1. The fraction of sp³-hybridized carbons (Fsp3) is 0.941. The van der Waals surface area contributed by atoms with Crippen molar-refractivity contribution in [1.29, 1.82) is 0 Å². The van der Waals surface area contributed by atoms with Crippen molar-refractivity contribution in [2.75, 3.05) is 32.7 Å². The maximum Gasteiger partial charge on any atom is 0.317 e. The van der Waals surface area contributed by atoms with Crippen molar-refractivity contribution in [2.24, 2.45) is 11.8 Å². The topological polar surface area (TPSA) is 43.8 Å². The number of likely N-dealkylation sites (N-methyl/N-ethyl adjacent to an activating group) is 1. The van der Waals surface area contributed by atoms with Crippen LogP contribution in [0.15, 0.2) is 0 Å². The van der Waals surface area contributed by atoms with Crippen LogP contribution in [0.1, 0.15) is 52.4 Å². The van der Waals surface area contributed by atoms with Gasteiger partial charge in [-0.3, -0.25) is 9.69 Å². The average molecular weight is 296 g/mol. The summed E-state index contributed by atoms with van der Waals surface area (Å²) in [6, 6.07) is 0.466. The summed E-state index contributed by atoms with van der Waals surface area (Å²) in [6.07, 6.45) is 7.88. The number of carboxylic acid groups (broad SMARTS) is 1. The first-order valence-corrected chi connectivity index (χ1v) is 8.76. The Kier molecular flexibility index (Phi) is 6.49. The molecule has 0 atom stereocenters. The second-order valence-electron chi connectivity index (χ2n) is 7.11. The Balaban J connectivity index is 1.71. The highest BCUT2D eigenvalue weighted by molar-refractivity contribution is 5.69. The Hall–Kier alpha value is -0.610. The van der Waals surface area contributed by atoms with Gasteiger partial charge in [-0.15, -0.1) is 0 Å². The lowest BCUT2D eigenvalue weighted by Gasteiger charge is -2.39. The highest BCUT2D eigenvalue weighted by atomic mass is 16.4. The smallest absolute Gasteiger partial charge is 0.317 e. The van der Waals surface area contributed by atoms with Crippen molar-refractivity contribution in [3.8, 4) is 0 Å². The predicted molar refractivity (Wildman–Crippen MR) is 85.5 cm³/mol. The van der Waals surface area contributed by atoms with Crippen LogP contribution in [0.3, 0.4) is 0 Å². The van der Waals surface area contributed by atoms with Crippen LogP contribution in [0.2, 0.25) is 0 Å². The summed E-state index contributed by atoms with van der Waals surface area (Å²) >= 11 is 0. The van der Waals surface area contributed by atoms with E-state index in [2.05, 4.69) is 23.6 Å². The van der Waals surface area contributed by atoms with Crippen molar-refractivity contribution in [3.63, 3.8) is 0 Å². The van der Waals surface area contributed by atoms with Gasteiger partial charge in [-0.25, -0.2) is 0 Å². The van der Waals surface area contributed by atoms with Gasteiger partial charge in [-0.1, -0.05) is 26.7 Å². The Bertz CT molecular complexity index is 319. The lowest BCUT2D eigenvalue weighted by atomic mass is 9.82. The van der Waals surface area contributed by atoms with Crippen LogP contribution in [0.25, 0.3) is 0 Å². The van der Waals surface area contributed by atoms with E-state index in [1.54, 1.807) is 0 Å². The number of likely N-dealkylation sites (tertiary alicyclic amines) is 1. The molecule has 0 unspecified atom stereocenters. The van der Waals surface area contributed by atoms with E-state index in [0.717, 1.165) is 44.3 Å². The Morgan fingerprint density at radius 2 is 1.76 bits per heavy atom. The minimum atomic E-state index is -0.699. The Morgan fingerprint density at radius 3 is 2.29 bits per heavy atom. The van der Waals surface area contributed by atoms with Gasteiger partial charge in [0.1, 0.15) is 0 Å². The number of hydrogen-bond donors (Lipinski definition) is 1. The lowest BCUT2D eigenvalue weighted by molar-refractivity contribution is -0.139. The average Bonchev–Trinajstić information content (AvgIpc) is 2.48. The van der Waals surface area contributed by atoms with Crippen LogP contribution in [0.4, 0.5) is 0 Å². The fourth-order valence-electron chi connectivity index (χ4n) is 4.02. The summed E-state index contributed by atoms with van der Waals surface area (Å²) in [5, 5.41) is 8.98. The molecule has 4 nitrogen and oxygen atoms in total. The van der Waals surface area contributed by atoms with E-state index in [-0.39, 0.29) is 6.54 Å². The van der Waals surface area contributed by atoms with Crippen LogP contribution in [0.5, 0.6) is 0 Å². The first-order chi connectivity index (χ1) is 10.1. The molecule has 0 radical (unpaired) electrons. The largest absolute Gasteiger partial charge is 0.480 e. The molecule has 2 fully saturated rings. The van der Waals surface area contributed by atoms with Gasteiger partial charge < -0.3 is 10.0 Å². The minimum Gasteiger partial charge on any atom is -0.480 e. The Morgan fingerprint density at radius 1 is 1.14 bits per heavy atom. The third-order valence-electron chi connectivity index (χ3n) is 5.47. The molecule has 0 bridgehead atoms. The van der Waals surface area contributed by atoms with E-state index < -0.39 is 5.97 Å². The van der Waals surface area contributed by atoms with Gasteiger partial charge in [0, 0.05) is 12.6 Å². The van der Waals surface area contributed by atoms with Crippen molar-refractivity contribution in [1.82, 2.24) is 9.80 Å². The zero-order valence-electron chi connectivity index (χ0n) is 13.8. The molecule has 0 spiro atoms. The molecule has 2 rings (SSSR count). The van der Waals surface area contributed by atoms with E-state index in [4.69, 9.17) is 5.11 Å². The Labute approximate surface area is 129 Å². The third kappa shape index (κ3) is 5.26. The number of carboxylic acids is 1. The molecule has 122 valence electrons. The maximum atomic E-state index is 10.9. The molecule has 1 heterocycles. The minimum absolute atomic E-state index is 0.196. The molecular formula is C17H32N2O2. The monoisotopic (exact) mass is 296 g/mol. The quantitative estimate of drug-likeness (QED) is 0.818. The number of rotatable bonds is 6. The number of carbonyl (C=O) groups is 1. The summed E-state index contributed by atoms with van der Waals surface area (Å²) in [6.45, 7) is 9.05. The molecule has 0 aromatic heterocycles. The molecule has 0 aromatic rings. The summed E-state index contributed by atoms with van der Waals surface area (Å²) < 4.78 is 0. The summed E-state index contributed by atoms with van der Waals surface area (Å²) in [5.74, 6) is 1.13. The van der Waals surface area contributed by atoms with E-state index in [1.807, 2.05) is 0 Å². The molecule has 21 heavy (non-hydrogen) atoms. The zero-order chi connectivity index (χ0) is 15.2. The van der Waals surface area contributed by atoms with Gasteiger partial charge in [0.25, 0.3) is 0 Å². The molecule has 0 aromatic carbocycles. The number of hydrogen-bond acceptors (Lipinski definition) is 3. The second-order valence-corrected chi connectivity index (χ2v) is 7.11. The molecule has 0 amide bonds. The molecule has 1 aliphatic heterocycles. The van der Waals surface area contributed by atoms with Crippen LogP contribution < -0.4 is 0 Å². The van der Waals surface area contributed by atoms with Crippen LogP contribution in [-0.2, 0) is 4.79 Å². The van der Waals surface area contributed by atoms with Crippen LogP contribution in [-0.4, -0.2) is 59.6 Å². The van der Waals surface area contributed by atoms with E-state index in [1.165, 1.54) is 32.2 Å². The number of piperidine rings is 1. The van der Waals surface area contributed by atoms with Gasteiger partial charge >= 0.3 is 5.97 Å².